The number of hydrogen-bond donors (Lipinski definition) is 3. The SMILES string of the molecule is Cc1cc(NC(=O)C(CCI)NC(=O)C2Cc3ccccc3CN2C(=O)O)ccc1Cl. The maximum Gasteiger partial charge on any atom is 0.408 e. The van der Waals surface area contributed by atoms with E-state index in [-0.39, 0.29) is 18.9 Å². The predicted octanol–water partition coefficient (Wildman–Crippen LogP) is 4.00. The van der Waals surface area contributed by atoms with Gasteiger partial charge in [-0.05, 0) is 48.2 Å². The molecule has 7 nitrogen and oxygen atoms in total. The lowest BCUT2D eigenvalue weighted by molar-refractivity contribution is -0.130. The van der Waals surface area contributed by atoms with E-state index >= 15 is 0 Å². The molecule has 2 atom stereocenters. The summed E-state index contributed by atoms with van der Waals surface area (Å²) in [7, 11) is 0. The fourth-order valence-corrected chi connectivity index (χ4v) is 4.30. The molecule has 0 radical (unpaired) electrons. The molecule has 2 aromatic rings. The smallest absolute Gasteiger partial charge is 0.408 e. The normalized spacial score (nSPS) is 16.2. The minimum Gasteiger partial charge on any atom is -0.465 e. The molecular formula is C22H23ClIN3O4. The lowest BCUT2D eigenvalue weighted by atomic mass is 9.93. The number of halogens is 2. The van der Waals surface area contributed by atoms with E-state index in [1.54, 1.807) is 18.2 Å². The Labute approximate surface area is 199 Å². The number of nitrogens with one attached hydrogen (secondary N) is 2. The van der Waals surface area contributed by atoms with E-state index in [0.29, 0.717) is 21.6 Å². The van der Waals surface area contributed by atoms with Gasteiger partial charge in [-0.15, -0.1) is 0 Å². The summed E-state index contributed by atoms with van der Waals surface area (Å²) >= 11 is 8.18. The summed E-state index contributed by atoms with van der Waals surface area (Å²) in [5, 5.41) is 15.8. The highest BCUT2D eigenvalue weighted by molar-refractivity contribution is 14.1. The zero-order valence-electron chi connectivity index (χ0n) is 16.9. The Morgan fingerprint density at radius 2 is 1.94 bits per heavy atom. The highest BCUT2D eigenvalue weighted by Gasteiger charge is 2.36. The number of rotatable bonds is 6. The third-order valence-electron chi connectivity index (χ3n) is 5.25. The lowest BCUT2D eigenvalue weighted by Crippen LogP contribution is -2.56. The van der Waals surface area contributed by atoms with E-state index < -0.39 is 24.1 Å². The van der Waals surface area contributed by atoms with Crippen molar-refractivity contribution in [1.82, 2.24) is 10.2 Å². The van der Waals surface area contributed by atoms with Crippen molar-refractivity contribution < 1.29 is 19.5 Å². The molecule has 1 heterocycles. The average molecular weight is 556 g/mol. The lowest BCUT2D eigenvalue weighted by Gasteiger charge is -2.34. The molecule has 0 saturated carbocycles. The molecule has 9 heteroatoms. The Balaban J connectivity index is 1.75. The molecule has 31 heavy (non-hydrogen) atoms. The fraction of sp³-hybridized carbons (Fsp3) is 0.318. The minimum atomic E-state index is -1.17. The number of aryl methyl sites for hydroxylation is 1. The Morgan fingerprint density at radius 1 is 1.23 bits per heavy atom. The fourth-order valence-electron chi connectivity index (χ4n) is 3.56. The van der Waals surface area contributed by atoms with Gasteiger partial charge in [0.05, 0.1) is 6.54 Å². The second-order valence-electron chi connectivity index (χ2n) is 7.39. The van der Waals surface area contributed by atoms with Gasteiger partial charge in [-0.2, -0.15) is 0 Å². The van der Waals surface area contributed by atoms with Crippen LogP contribution in [0.5, 0.6) is 0 Å². The van der Waals surface area contributed by atoms with Crippen LogP contribution < -0.4 is 10.6 Å². The number of carbonyl (C=O) groups is 3. The van der Waals surface area contributed by atoms with Crippen LogP contribution in [-0.2, 0) is 22.6 Å². The summed E-state index contributed by atoms with van der Waals surface area (Å²) < 4.78 is 0.645. The molecule has 3 rings (SSSR count). The molecule has 2 aromatic carbocycles. The molecule has 0 bridgehead atoms. The Hall–Kier alpha value is -2.33. The molecule has 3 amide bonds. The van der Waals surface area contributed by atoms with Crippen molar-refractivity contribution in [2.75, 3.05) is 9.74 Å². The van der Waals surface area contributed by atoms with Crippen molar-refractivity contribution in [3.05, 3.63) is 64.2 Å². The molecule has 1 aliphatic rings. The van der Waals surface area contributed by atoms with Crippen molar-refractivity contribution in [1.29, 1.82) is 0 Å². The van der Waals surface area contributed by atoms with Crippen molar-refractivity contribution in [2.45, 2.75) is 38.4 Å². The van der Waals surface area contributed by atoms with Crippen molar-refractivity contribution in [3.8, 4) is 0 Å². The van der Waals surface area contributed by atoms with Gasteiger partial charge in [0, 0.05) is 21.6 Å². The summed E-state index contributed by atoms with van der Waals surface area (Å²) in [6.07, 6.45) is -0.481. The van der Waals surface area contributed by atoms with Crippen LogP contribution in [0, 0.1) is 6.92 Å². The second-order valence-corrected chi connectivity index (χ2v) is 8.88. The standard InChI is InChI=1S/C22H23ClIN3O4/c1-13-10-16(6-7-17(13)23)25-20(28)18(8-9-24)26-21(29)19-11-14-4-2-3-5-15(14)12-27(19)22(30)31/h2-7,10,18-19H,8-9,11-12H2,1H3,(H,25,28)(H,26,29)(H,30,31). The van der Waals surface area contributed by atoms with Gasteiger partial charge in [-0.3, -0.25) is 14.5 Å². The molecule has 3 N–H and O–H groups in total. The van der Waals surface area contributed by atoms with E-state index in [1.165, 1.54) is 0 Å². The molecule has 0 fully saturated rings. The van der Waals surface area contributed by atoms with Gasteiger partial charge in [0.1, 0.15) is 12.1 Å². The molecule has 164 valence electrons. The summed E-state index contributed by atoms with van der Waals surface area (Å²) in [5.74, 6) is -0.834. The zero-order chi connectivity index (χ0) is 22.5. The zero-order valence-corrected chi connectivity index (χ0v) is 19.8. The van der Waals surface area contributed by atoms with E-state index in [1.807, 2.05) is 31.2 Å². The van der Waals surface area contributed by atoms with Crippen LogP contribution in [0.4, 0.5) is 10.5 Å². The number of alkyl halides is 1. The summed E-state index contributed by atoms with van der Waals surface area (Å²) in [6, 6.07) is 10.9. The van der Waals surface area contributed by atoms with Gasteiger partial charge in [-0.1, -0.05) is 58.5 Å². The van der Waals surface area contributed by atoms with Crippen LogP contribution >= 0.6 is 34.2 Å². The van der Waals surface area contributed by atoms with Crippen LogP contribution in [0.1, 0.15) is 23.1 Å². The van der Waals surface area contributed by atoms with Crippen LogP contribution in [0.15, 0.2) is 42.5 Å². The van der Waals surface area contributed by atoms with Crippen LogP contribution in [0.25, 0.3) is 0 Å². The van der Waals surface area contributed by atoms with Crippen molar-refractivity contribution >= 4 is 57.8 Å². The summed E-state index contributed by atoms with van der Waals surface area (Å²) in [4.78, 5) is 38.8. The van der Waals surface area contributed by atoms with Crippen LogP contribution in [0.3, 0.4) is 0 Å². The van der Waals surface area contributed by atoms with Gasteiger partial charge < -0.3 is 15.7 Å². The molecule has 2 unspecified atom stereocenters. The highest BCUT2D eigenvalue weighted by atomic mass is 127. The molecule has 0 aromatic heterocycles. The van der Waals surface area contributed by atoms with Gasteiger partial charge >= 0.3 is 6.09 Å². The quantitative estimate of drug-likeness (QED) is 0.371. The first-order valence-corrected chi connectivity index (χ1v) is 11.7. The number of nitrogens with zero attached hydrogens (tertiary/aromatic N) is 1. The average Bonchev–Trinajstić information content (AvgIpc) is 2.74. The summed E-state index contributed by atoms with van der Waals surface area (Å²) in [5.41, 5.74) is 3.23. The second kappa shape index (κ2) is 10.3. The van der Waals surface area contributed by atoms with Gasteiger partial charge in [-0.25, -0.2) is 4.79 Å². The topological polar surface area (TPSA) is 98.7 Å². The molecule has 0 aliphatic carbocycles. The van der Waals surface area contributed by atoms with E-state index in [4.69, 9.17) is 11.6 Å². The number of hydrogen-bond acceptors (Lipinski definition) is 3. The predicted molar refractivity (Wildman–Crippen MR) is 128 cm³/mol. The first-order valence-electron chi connectivity index (χ1n) is 9.80. The number of carboxylic acid groups (broad SMARTS) is 1. The van der Waals surface area contributed by atoms with Crippen molar-refractivity contribution in [3.63, 3.8) is 0 Å². The molecular weight excluding hydrogens is 533 g/mol. The van der Waals surface area contributed by atoms with E-state index in [0.717, 1.165) is 21.6 Å². The Bertz CT molecular complexity index is 1000. The van der Waals surface area contributed by atoms with Crippen LogP contribution in [0.2, 0.25) is 5.02 Å². The number of amides is 3. The number of anilines is 1. The molecule has 0 saturated heterocycles. The maximum atomic E-state index is 13.0. The van der Waals surface area contributed by atoms with E-state index in [2.05, 4.69) is 33.2 Å². The Morgan fingerprint density at radius 3 is 2.58 bits per heavy atom. The van der Waals surface area contributed by atoms with Gasteiger partial charge in [0.2, 0.25) is 11.8 Å². The third-order valence-corrected chi connectivity index (χ3v) is 6.30. The van der Waals surface area contributed by atoms with Crippen molar-refractivity contribution in [2.24, 2.45) is 0 Å². The minimum absolute atomic E-state index is 0.136. The first-order chi connectivity index (χ1) is 14.8. The summed E-state index contributed by atoms with van der Waals surface area (Å²) in [6.45, 7) is 1.97. The highest BCUT2D eigenvalue weighted by Crippen LogP contribution is 2.24. The number of carbonyl (C=O) groups excluding carboxylic acids is 2. The molecule has 0 spiro atoms. The Kier molecular flexibility index (Phi) is 7.77. The maximum absolute atomic E-state index is 13.0. The third kappa shape index (κ3) is 5.68. The van der Waals surface area contributed by atoms with Gasteiger partial charge in [0.15, 0.2) is 0 Å². The number of benzene rings is 2. The monoisotopic (exact) mass is 555 g/mol. The van der Waals surface area contributed by atoms with Gasteiger partial charge in [0.25, 0.3) is 0 Å². The number of fused-ring (bicyclic) bond motifs is 1. The first kappa shape index (κ1) is 23.3. The largest absolute Gasteiger partial charge is 0.465 e. The van der Waals surface area contributed by atoms with E-state index in [9.17, 15) is 19.5 Å². The molecule has 1 aliphatic heterocycles. The van der Waals surface area contributed by atoms with Crippen LogP contribution in [-0.4, -0.2) is 44.4 Å².